The summed E-state index contributed by atoms with van der Waals surface area (Å²) in [5.41, 5.74) is 15.0. The van der Waals surface area contributed by atoms with Crippen LogP contribution >= 0.6 is 0 Å². The SMILES string of the molecule is c1ccc2c(c1)Cc1cc3c(cc1-2)Cc1ccc2c(c1-3)c1ccncc1n1c3ncccc3nc21. The van der Waals surface area contributed by atoms with Crippen molar-refractivity contribution < 1.29 is 0 Å². The molecule has 0 bridgehead atoms. The maximum Gasteiger partial charge on any atom is 0.165 e. The Morgan fingerprint density at radius 1 is 0.657 bits per heavy atom. The van der Waals surface area contributed by atoms with Crippen LogP contribution in [0.5, 0.6) is 0 Å². The molecule has 3 aromatic carbocycles. The summed E-state index contributed by atoms with van der Waals surface area (Å²) in [5.74, 6) is 0. The van der Waals surface area contributed by atoms with Crippen molar-refractivity contribution in [2.24, 2.45) is 0 Å². The van der Waals surface area contributed by atoms with Crippen LogP contribution in [0.2, 0.25) is 0 Å². The van der Waals surface area contributed by atoms with Gasteiger partial charge >= 0.3 is 0 Å². The Morgan fingerprint density at radius 3 is 2.54 bits per heavy atom. The van der Waals surface area contributed by atoms with Gasteiger partial charge in [0.25, 0.3) is 0 Å². The summed E-state index contributed by atoms with van der Waals surface area (Å²) in [7, 11) is 0. The number of hydrogen-bond donors (Lipinski definition) is 0. The van der Waals surface area contributed by atoms with E-state index >= 15 is 0 Å². The molecule has 2 aliphatic rings. The summed E-state index contributed by atoms with van der Waals surface area (Å²) in [6.07, 6.45) is 7.65. The minimum absolute atomic E-state index is 0.874. The Hall–Kier alpha value is -4.57. The molecule has 0 aliphatic heterocycles. The van der Waals surface area contributed by atoms with Crippen LogP contribution < -0.4 is 0 Å². The van der Waals surface area contributed by atoms with Gasteiger partial charge in [0.1, 0.15) is 11.2 Å². The zero-order valence-electron chi connectivity index (χ0n) is 18.8. The number of imidazole rings is 1. The third-order valence-corrected chi connectivity index (χ3v) is 7.93. The Bertz CT molecular complexity index is 2070. The fourth-order valence-electron chi connectivity index (χ4n) is 6.48. The molecule has 0 saturated heterocycles. The molecular formula is C31H18N4. The minimum atomic E-state index is 0.874. The number of hydrogen-bond acceptors (Lipinski definition) is 3. The fraction of sp³-hybridized carbons (Fsp3) is 0.0645. The Balaban J connectivity index is 1.43. The van der Waals surface area contributed by atoms with E-state index in [2.05, 4.69) is 69.0 Å². The van der Waals surface area contributed by atoms with Gasteiger partial charge in [0.05, 0.1) is 11.7 Å². The first-order chi connectivity index (χ1) is 17.3. The molecule has 4 nitrogen and oxygen atoms in total. The molecule has 35 heavy (non-hydrogen) atoms. The van der Waals surface area contributed by atoms with E-state index in [-0.39, 0.29) is 0 Å². The van der Waals surface area contributed by atoms with Crippen molar-refractivity contribution in [3.8, 4) is 22.3 Å². The van der Waals surface area contributed by atoms with Crippen LogP contribution in [0.15, 0.2) is 85.3 Å². The van der Waals surface area contributed by atoms with Gasteiger partial charge in [-0.25, -0.2) is 9.97 Å². The van der Waals surface area contributed by atoms with Crippen LogP contribution in [-0.2, 0) is 12.8 Å². The van der Waals surface area contributed by atoms with Crippen LogP contribution in [-0.4, -0.2) is 19.4 Å². The van der Waals surface area contributed by atoms with Crippen molar-refractivity contribution in [3.63, 3.8) is 0 Å². The van der Waals surface area contributed by atoms with Gasteiger partial charge in [0, 0.05) is 28.6 Å². The molecule has 4 aromatic heterocycles. The average molecular weight is 447 g/mol. The number of benzene rings is 3. The second-order valence-corrected chi connectivity index (χ2v) is 9.71. The van der Waals surface area contributed by atoms with Gasteiger partial charge in [-0.05, 0) is 87.7 Å². The van der Waals surface area contributed by atoms with E-state index in [9.17, 15) is 0 Å². The Morgan fingerprint density at radius 2 is 1.54 bits per heavy atom. The number of fused-ring (bicyclic) bond motifs is 15. The highest BCUT2D eigenvalue weighted by molar-refractivity contribution is 6.20. The normalized spacial score (nSPS) is 13.5. The highest BCUT2D eigenvalue weighted by atomic mass is 15.1. The number of aromatic nitrogens is 4. The zero-order chi connectivity index (χ0) is 22.7. The first-order valence-corrected chi connectivity index (χ1v) is 12.0. The molecule has 7 aromatic rings. The average Bonchev–Trinajstić information content (AvgIpc) is 3.58. The quantitative estimate of drug-likeness (QED) is 0.243. The van der Waals surface area contributed by atoms with Crippen LogP contribution in [0.25, 0.3) is 60.7 Å². The highest BCUT2D eigenvalue weighted by Gasteiger charge is 2.28. The molecule has 4 heteroatoms. The molecule has 0 spiro atoms. The molecule has 9 rings (SSSR count). The monoisotopic (exact) mass is 446 g/mol. The molecule has 0 amide bonds. The Kier molecular flexibility index (Phi) is 3.11. The van der Waals surface area contributed by atoms with Gasteiger partial charge in [0.15, 0.2) is 5.65 Å². The molecule has 162 valence electrons. The molecule has 4 heterocycles. The van der Waals surface area contributed by atoms with Gasteiger partial charge in [-0.15, -0.1) is 0 Å². The van der Waals surface area contributed by atoms with Crippen molar-refractivity contribution >= 4 is 38.5 Å². The first kappa shape index (κ1) is 17.8. The van der Waals surface area contributed by atoms with Crippen LogP contribution in [0.4, 0.5) is 0 Å². The maximum atomic E-state index is 5.03. The molecule has 0 N–H and O–H groups in total. The molecule has 0 atom stereocenters. The van der Waals surface area contributed by atoms with E-state index in [0.717, 1.165) is 40.6 Å². The van der Waals surface area contributed by atoms with Gasteiger partial charge in [0.2, 0.25) is 0 Å². The van der Waals surface area contributed by atoms with Crippen LogP contribution in [0.3, 0.4) is 0 Å². The lowest BCUT2D eigenvalue weighted by molar-refractivity contribution is 1.22. The zero-order valence-corrected chi connectivity index (χ0v) is 18.8. The number of pyridine rings is 3. The van der Waals surface area contributed by atoms with E-state index in [1.807, 2.05) is 30.7 Å². The standard InChI is InChI=1S/C31H18N4/c1-2-5-21-17(4-1)12-19-15-25-20(14-24(19)21)13-18-7-8-23-29(28(18)25)22-9-11-32-16-27(22)35-30(23)34-26-6-3-10-33-31(26)35/h1-11,14-16H,12-13H2. The minimum Gasteiger partial charge on any atom is -0.274 e. The van der Waals surface area contributed by atoms with Gasteiger partial charge in [-0.1, -0.05) is 36.4 Å². The lowest BCUT2D eigenvalue weighted by Gasteiger charge is -2.13. The lowest BCUT2D eigenvalue weighted by Crippen LogP contribution is -1.95. The third kappa shape index (κ3) is 2.15. The number of rotatable bonds is 0. The summed E-state index contributed by atoms with van der Waals surface area (Å²) >= 11 is 0. The van der Waals surface area contributed by atoms with Gasteiger partial charge in [-0.3, -0.25) is 9.38 Å². The van der Waals surface area contributed by atoms with Crippen molar-refractivity contribution in [2.45, 2.75) is 12.8 Å². The van der Waals surface area contributed by atoms with Crippen molar-refractivity contribution in [3.05, 3.63) is 108 Å². The fourth-order valence-corrected chi connectivity index (χ4v) is 6.48. The Labute approximate surface area is 200 Å². The van der Waals surface area contributed by atoms with Gasteiger partial charge < -0.3 is 0 Å². The van der Waals surface area contributed by atoms with Crippen LogP contribution in [0.1, 0.15) is 22.3 Å². The van der Waals surface area contributed by atoms with E-state index < -0.39 is 0 Å². The summed E-state index contributed by atoms with van der Waals surface area (Å²) in [6, 6.07) is 24.4. The topological polar surface area (TPSA) is 43.1 Å². The van der Waals surface area contributed by atoms with Gasteiger partial charge in [-0.2, -0.15) is 0 Å². The van der Waals surface area contributed by atoms with E-state index in [4.69, 9.17) is 4.98 Å². The number of nitrogens with zero attached hydrogens (tertiary/aromatic N) is 4. The molecular weight excluding hydrogens is 428 g/mol. The van der Waals surface area contributed by atoms with E-state index in [1.165, 1.54) is 55.3 Å². The largest absolute Gasteiger partial charge is 0.274 e. The maximum absolute atomic E-state index is 5.03. The second-order valence-electron chi connectivity index (χ2n) is 9.71. The lowest BCUT2D eigenvalue weighted by atomic mass is 9.93. The van der Waals surface area contributed by atoms with E-state index in [0.29, 0.717) is 0 Å². The highest BCUT2D eigenvalue weighted by Crippen LogP contribution is 2.48. The van der Waals surface area contributed by atoms with Crippen LogP contribution in [0, 0.1) is 0 Å². The third-order valence-electron chi connectivity index (χ3n) is 7.93. The second kappa shape index (κ2) is 6.10. The predicted octanol–water partition coefficient (Wildman–Crippen LogP) is 6.73. The summed E-state index contributed by atoms with van der Waals surface area (Å²) < 4.78 is 2.17. The molecule has 0 fully saturated rings. The van der Waals surface area contributed by atoms with Crippen molar-refractivity contribution in [1.29, 1.82) is 0 Å². The first-order valence-electron chi connectivity index (χ1n) is 12.0. The van der Waals surface area contributed by atoms with Crippen molar-refractivity contribution in [2.75, 3.05) is 0 Å². The summed E-state index contributed by atoms with van der Waals surface area (Å²) in [5, 5.41) is 3.63. The van der Waals surface area contributed by atoms with Crippen molar-refractivity contribution in [1.82, 2.24) is 19.4 Å². The smallest absolute Gasteiger partial charge is 0.165 e. The molecule has 0 saturated carbocycles. The molecule has 0 unspecified atom stereocenters. The predicted molar refractivity (Wildman–Crippen MR) is 140 cm³/mol. The summed E-state index contributed by atoms with van der Waals surface area (Å²) in [4.78, 5) is 14.2. The van der Waals surface area contributed by atoms with E-state index in [1.54, 1.807) is 0 Å². The molecule has 0 radical (unpaired) electrons. The molecule has 2 aliphatic carbocycles. The summed E-state index contributed by atoms with van der Waals surface area (Å²) in [6.45, 7) is 0.